The van der Waals surface area contributed by atoms with E-state index in [-0.39, 0.29) is 78.6 Å². The minimum Gasteiger partial charge on any atom is -1.00 e. The van der Waals surface area contributed by atoms with E-state index in [2.05, 4.69) is 0 Å². The van der Waals surface area contributed by atoms with Gasteiger partial charge < -0.3 is 28.2 Å². The van der Waals surface area contributed by atoms with Crippen molar-refractivity contribution in [2.24, 2.45) is 0 Å². The molecule has 0 rings (SSSR count). The summed E-state index contributed by atoms with van der Waals surface area (Å²) in [4.78, 5) is 0. The maximum atomic E-state index is 0. The molecule has 0 aromatic carbocycles. The fraction of sp³-hybridized carbons (Fsp3) is 0. The Kier molecular flexibility index (Phi) is 38000. The van der Waals surface area contributed by atoms with Crippen LogP contribution in [0.4, 0.5) is 0 Å². The fourth-order valence-corrected chi connectivity index (χ4v) is 0. The Morgan fingerprint density at radius 2 is 0.222 bits per heavy atom. The van der Waals surface area contributed by atoms with E-state index in [1.54, 1.807) is 0 Å². The molecule has 3 radical (unpaired) electrons. The Bertz CT molecular complexity index is 8.26. The van der Waals surface area contributed by atoms with Crippen molar-refractivity contribution < 1.29 is 78.6 Å². The Hall–Kier alpha value is 1.10. The second kappa shape index (κ2) is 494. The van der Waals surface area contributed by atoms with Crippen molar-refractivity contribution in [2.75, 3.05) is 0 Å². The summed E-state index contributed by atoms with van der Waals surface area (Å²) in [5, 5.41) is 0. The van der Waals surface area contributed by atoms with E-state index in [1.165, 1.54) is 0 Å². The van der Waals surface area contributed by atoms with Gasteiger partial charge in [0.1, 0.15) is 0 Å². The van der Waals surface area contributed by atoms with Gasteiger partial charge in [-0.3, -0.25) is 0 Å². The van der Waals surface area contributed by atoms with Gasteiger partial charge in [-0.1, -0.05) is 0 Å². The first-order valence-electron chi connectivity index (χ1n) is 0. The van der Waals surface area contributed by atoms with Gasteiger partial charge in [0.15, 0.2) is 0 Å². The number of rotatable bonds is 0. The number of hydrogen-bond donors (Lipinski definition) is 0. The fourth-order valence-electron chi connectivity index (χ4n) is 0. The van der Waals surface area contributed by atoms with E-state index in [1.807, 2.05) is 0 Å². The van der Waals surface area contributed by atoms with Crippen LogP contribution in [0.1, 0.15) is 0 Å². The Morgan fingerprint density at radius 3 is 0.222 bits per heavy atom. The molecule has 9 heavy (non-hydrogen) atoms. The van der Waals surface area contributed by atoms with Crippen LogP contribution in [-0.4, -0.2) is 0 Å². The molecule has 0 aromatic heterocycles. The van der Waals surface area contributed by atoms with Crippen LogP contribution in [0.25, 0.3) is 0 Å². The molecule has 0 fully saturated rings. The van der Waals surface area contributed by atoms with Gasteiger partial charge in [0, 0.05) is 0 Å². The van der Waals surface area contributed by atoms with Gasteiger partial charge in [-0.05, 0) is 0 Å². The summed E-state index contributed by atoms with van der Waals surface area (Å²) in [6, 6.07) is 0. The minimum atomic E-state index is 0. The maximum absolute atomic E-state index is 0. The molecule has 0 aliphatic carbocycles. The Balaban J connectivity index is 0. The molecule has 0 N–H and O–H groups in total. The van der Waals surface area contributed by atoms with E-state index in [4.69, 9.17) is 0 Å². The van der Waals surface area contributed by atoms with Crippen molar-refractivity contribution in [1.82, 2.24) is 0 Å². The zero-order valence-corrected chi connectivity index (χ0v) is 6.39. The average Bonchev–Trinajstić information content (AvgIpc) is 0. The first-order valence-corrected chi connectivity index (χ1v) is 0. The summed E-state index contributed by atoms with van der Waals surface area (Å²) in [6.07, 6.45) is 0. The number of halogens is 6. The summed E-state index contributed by atoms with van der Waals surface area (Å²) >= 11 is 0. The zero-order valence-electron chi connectivity index (χ0n) is 3.27. The second-order valence-electron chi connectivity index (χ2n) is 0. The topological polar surface area (TPSA) is 0 Å². The summed E-state index contributed by atoms with van der Waals surface area (Å²) in [6.45, 7) is 0. The molecule has 0 atom stereocenters. The molecule has 9 heteroatoms. The van der Waals surface area contributed by atoms with E-state index < -0.39 is 0 Å². The average molecular weight is 291 g/mol. The molecule has 0 saturated carbocycles. The number of hydrogen-bond acceptors (Lipinski definition) is 0. The molecular weight excluding hydrogens is 291 g/mol. The van der Waals surface area contributed by atoms with Gasteiger partial charge in [-0.2, -0.15) is 0 Å². The van der Waals surface area contributed by atoms with Crippen molar-refractivity contribution in [1.29, 1.82) is 0 Å². The first kappa shape index (κ1) is 692. The van der Waals surface area contributed by atoms with Gasteiger partial charge in [-0.25, -0.2) is 0 Å². The molecule has 0 amide bonds. The SMILES string of the molecule is [Co+2].[Co+2].[Co+2].[F-].[F-].[F-].[F-].[F-].[F-]. The zero-order chi connectivity index (χ0) is 0. The molecule has 0 nitrogen and oxygen atoms in total. The summed E-state index contributed by atoms with van der Waals surface area (Å²) in [5.74, 6) is 0. The normalized spacial score (nSPS) is 0. The van der Waals surface area contributed by atoms with E-state index in [9.17, 15) is 0 Å². The van der Waals surface area contributed by atoms with Crippen molar-refractivity contribution in [2.45, 2.75) is 0 Å². The molecule has 0 bridgehead atoms. The molecule has 0 saturated heterocycles. The van der Waals surface area contributed by atoms with E-state index in [0.29, 0.717) is 0 Å². The van der Waals surface area contributed by atoms with Crippen LogP contribution in [0.3, 0.4) is 0 Å². The monoisotopic (exact) mass is 291 g/mol. The summed E-state index contributed by atoms with van der Waals surface area (Å²) in [7, 11) is 0. The van der Waals surface area contributed by atoms with Crippen LogP contribution >= 0.6 is 0 Å². The van der Waals surface area contributed by atoms with Crippen molar-refractivity contribution in [3.8, 4) is 0 Å². The quantitative estimate of drug-likeness (QED) is 0.389. The van der Waals surface area contributed by atoms with Crippen LogP contribution in [-0.2, 0) is 50.3 Å². The van der Waals surface area contributed by atoms with Crippen LogP contribution in [0, 0.1) is 0 Å². The maximum Gasteiger partial charge on any atom is 2.00 e. The third-order valence-electron chi connectivity index (χ3n) is 0. The largest absolute Gasteiger partial charge is 2.00 e. The van der Waals surface area contributed by atoms with Gasteiger partial charge >= 0.3 is 50.3 Å². The predicted molar refractivity (Wildman–Crippen MR) is 0 cm³/mol. The molecule has 0 aliphatic heterocycles. The van der Waals surface area contributed by atoms with Crippen molar-refractivity contribution in [3.05, 3.63) is 0 Å². The van der Waals surface area contributed by atoms with E-state index in [0.717, 1.165) is 0 Å². The van der Waals surface area contributed by atoms with Gasteiger partial charge in [0.25, 0.3) is 0 Å². The summed E-state index contributed by atoms with van der Waals surface area (Å²) in [5.41, 5.74) is 0. The van der Waals surface area contributed by atoms with Gasteiger partial charge in [0.05, 0.1) is 0 Å². The van der Waals surface area contributed by atoms with E-state index >= 15 is 0 Å². The first-order chi connectivity index (χ1) is 0. The van der Waals surface area contributed by atoms with Gasteiger partial charge in [0.2, 0.25) is 0 Å². The summed E-state index contributed by atoms with van der Waals surface area (Å²) < 4.78 is 0. The molecule has 0 aliphatic rings. The Labute approximate surface area is 78.7 Å². The van der Waals surface area contributed by atoms with Crippen LogP contribution in [0.15, 0.2) is 0 Å². The van der Waals surface area contributed by atoms with Crippen LogP contribution in [0.2, 0.25) is 0 Å². The Morgan fingerprint density at radius 1 is 0.222 bits per heavy atom. The van der Waals surface area contributed by atoms with Crippen molar-refractivity contribution in [3.63, 3.8) is 0 Å². The molecule has 69 valence electrons. The third-order valence-corrected chi connectivity index (χ3v) is 0. The van der Waals surface area contributed by atoms with Crippen LogP contribution in [0.5, 0.6) is 0 Å². The minimum absolute atomic E-state index is 0. The predicted octanol–water partition coefficient (Wildman–Crippen LogP) is -18.0. The third kappa shape index (κ3) is 379. The molecule has 0 aromatic rings. The molecular formula is Co3F6. The van der Waals surface area contributed by atoms with Gasteiger partial charge in [-0.15, -0.1) is 0 Å². The molecule has 0 spiro atoms. The molecule has 0 unspecified atom stereocenters. The molecule has 0 heterocycles. The van der Waals surface area contributed by atoms with Crippen LogP contribution < -0.4 is 28.2 Å². The van der Waals surface area contributed by atoms with Crippen molar-refractivity contribution >= 4 is 0 Å². The standard InChI is InChI=1S/3Co.6FH/h;;;6*1H/q3*+2;;;;;;/p-6. The second-order valence-corrected chi connectivity index (χ2v) is 0. The smallest absolute Gasteiger partial charge is 1.00 e.